The molecular weight excluding hydrogens is 822 g/mol. The van der Waals surface area contributed by atoms with Crippen molar-refractivity contribution in [3.8, 4) is 0 Å². The van der Waals surface area contributed by atoms with Crippen LogP contribution in [0.1, 0.15) is 0 Å². The summed E-state index contributed by atoms with van der Waals surface area (Å²) in [6, 6.07) is 0. The number of carboxylic acid groups (broad SMARTS) is 10. The Morgan fingerprint density at radius 2 is 0.231 bits per heavy atom. The van der Waals surface area contributed by atoms with Crippen molar-refractivity contribution in [2.75, 3.05) is 0 Å². The standard InChI is InChI=1S/5C4H6O6.2V/c5*5-1(3(7)8)2(6)4(9)10;;/h5*1-2,5-6H,(H,7,8)(H,9,10);;. The van der Waals surface area contributed by atoms with E-state index in [0.29, 0.717) is 0 Å². The van der Waals surface area contributed by atoms with Gasteiger partial charge in [-0.3, -0.25) is 0 Å². The number of carboxylic acids is 10. The number of hydrogen-bond donors (Lipinski definition) is 20. The number of hydrogen-bond acceptors (Lipinski definition) is 20. The molecule has 0 fully saturated rings. The van der Waals surface area contributed by atoms with Gasteiger partial charge in [-0.15, -0.1) is 0 Å². The van der Waals surface area contributed by atoms with Gasteiger partial charge in [0.25, 0.3) is 0 Å². The summed E-state index contributed by atoms with van der Waals surface area (Å²) in [6.07, 6.45) is -22.7. The largest absolute Gasteiger partial charge is 0.479 e. The normalized spacial score (nSPS) is 15.2. The molecule has 0 spiro atoms. The third-order valence-electron chi connectivity index (χ3n) is 4.03. The summed E-state index contributed by atoms with van der Waals surface area (Å²) < 4.78 is 0. The fraction of sp³-hybridized carbons (Fsp3) is 0.500. The summed E-state index contributed by atoms with van der Waals surface area (Å²) in [5.41, 5.74) is 0. The second kappa shape index (κ2) is 31.2. The molecule has 0 aromatic rings. The zero-order valence-corrected chi connectivity index (χ0v) is 27.5. The number of aliphatic carboxylic acids is 10. The molecule has 0 aliphatic heterocycles. The SMILES string of the molecule is O=C(O)C(O)C(O)C(=O)O.O=C(O)C(O)C(O)C(=O)O.O=C(O)C(O)C(O)C(=O)O.O=C(O)C(O)C(O)C(=O)O.O=C(O)C(O)C(O)C(=O)O.[V].[V]. The van der Waals surface area contributed by atoms with E-state index in [9.17, 15) is 47.9 Å². The molecule has 0 saturated heterocycles. The minimum atomic E-state index is -2.27. The Morgan fingerprint density at radius 3 is 0.250 bits per heavy atom. The third-order valence-corrected chi connectivity index (χ3v) is 4.03. The van der Waals surface area contributed by atoms with Gasteiger partial charge in [-0.25, -0.2) is 47.9 Å². The van der Waals surface area contributed by atoms with Crippen LogP contribution in [-0.4, -0.2) is 223 Å². The van der Waals surface area contributed by atoms with Crippen LogP contribution in [0.4, 0.5) is 0 Å². The Balaban J connectivity index is -0.0000000964. The summed E-state index contributed by atoms with van der Waals surface area (Å²) in [7, 11) is 0. The molecule has 0 aromatic heterocycles. The predicted molar refractivity (Wildman–Crippen MR) is 136 cm³/mol. The van der Waals surface area contributed by atoms with Crippen LogP contribution in [0.2, 0.25) is 0 Å². The molecule has 0 bridgehead atoms. The Labute approximate surface area is 307 Å². The zero-order chi connectivity index (χ0) is 41.5. The van der Waals surface area contributed by atoms with Crippen LogP contribution >= 0.6 is 0 Å². The van der Waals surface area contributed by atoms with E-state index >= 15 is 0 Å². The first-order chi connectivity index (χ1) is 22.3. The number of aliphatic hydroxyl groups is 10. The molecule has 0 aromatic carbocycles. The molecule has 300 valence electrons. The molecule has 0 aliphatic carbocycles. The fourth-order valence-electron chi connectivity index (χ4n) is 1.35. The summed E-state index contributed by atoms with van der Waals surface area (Å²) in [5.74, 6) is -17.7. The molecule has 0 rings (SSSR count). The Bertz CT molecular complexity index is 890. The van der Waals surface area contributed by atoms with Gasteiger partial charge in [0.05, 0.1) is 0 Å². The minimum Gasteiger partial charge on any atom is -0.479 e. The van der Waals surface area contributed by atoms with Crippen LogP contribution in [0, 0.1) is 0 Å². The Morgan fingerprint density at radius 1 is 0.192 bits per heavy atom. The van der Waals surface area contributed by atoms with Gasteiger partial charge in [0.1, 0.15) is 0 Å². The van der Waals surface area contributed by atoms with Crippen molar-refractivity contribution in [3.05, 3.63) is 0 Å². The smallest absolute Gasteiger partial charge is 0.335 e. The van der Waals surface area contributed by atoms with Gasteiger partial charge in [-0.05, 0) is 0 Å². The molecule has 0 saturated carbocycles. The van der Waals surface area contributed by atoms with Crippen molar-refractivity contribution in [2.45, 2.75) is 61.0 Å². The van der Waals surface area contributed by atoms with E-state index in [1.807, 2.05) is 0 Å². The second-order valence-electron chi connectivity index (χ2n) is 7.83. The molecule has 30 nitrogen and oxygen atoms in total. The average molecular weight is 852 g/mol. The van der Waals surface area contributed by atoms with E-state index in [-0.39, 0.29) is 37.1 Å². The van der Waals surface area contributed by atoms with Crippen LogP contribution in [-0.2, 0) is 85.1 Å². The van der Waals surface area contributed by atoms with Crippen LogP contribution < -0.4 is 0 Å². The maximum atomic E-state index is 9.77. The van der Waals surface area contributed by atoms with E-state index in [1.165, 1.54) is 0 Å². The number of rotatable bonds is 15. The maximum Gasteiger partial charge on any atom is 0.335 e. The zero-order valence-electron chi connectivity index (χ0n) is 24.7. The summed E-state index contributed by atoms with van der Waals surface area (Å²) >= 11 is 0. The summed E-state index contributed by atoms with van der Waals surface area (Å²) in [6.45, 7) is 0. The van der Waals surface area contributed by atoms with Gasteiger partial charge in [0.2, 0.25) is 0 Å². The maximum absolute atomic E-state index is 9.77. The van der Waals surface area contributed by atoms with Crippen molar-refractivity contribution in [2.24, 2.45) is 0 Å². The second-order valence-corrected chi connectivity index (χ2v) is 7.83. The quantitative estimate of drug-likeness (QED) is 0.0727. The van der Waals surface area contributed by atoms with E-state index in [2.05, 4.69) is 0 Å². The first-order valence-electron chi connectivity index (χ1n) is 11.4. The van der Waals surface area contributed by atoms with Crippen LogP contribution in [0.25, 0.3) is 0 Å². The predicted octanol–water partition coefficient (Wildman–Crippen LogP) is -10.6. The molecule has 0 amide bonds. The van der Waals surface area contributed by atoms with E-state index in [4.69, 9.17) is 102 Å². The van der Waals surface area contributed by atoms with Crippen molar-refractivity contribution >= 4 is 59.7 Å². The molecule has 0 aliphatic rings. The molecule has 0 heterocycles. The molecule has 10 atom stereocenters. The van der Waals surface area contributed by atoms with Crippen LogP contribution in [0.5, 0.6) is 0 Å². The monoisotopic (exact) mass is 852 g/mol. The third kappa shape index (κ3) is 29.2. The number of aliphatic hydroxyl groups excluding tert-OH is 10. The molecule has 52 heavy (non-hydrogen) atoms. The fourth-order valence-corrected chi connectivity index (χ4v) is 1.35. The molecule has 20 N–H and O–H groups in total. The van der Waals surface area contributed by atoms with Crippen LogP contribution in [0.3, 0.4) is 0 Å². The topological polar surface area (TPSA) is 575 Å². The van der Waals surface area contributed by atoms with Gasteiger partial charge in [0.15, 0.2) is 61.0 Å². The molecule has 32 heteroatoms. The van der Waals surface area contributed by atoms with Gasteiger partial charge in [-0.1, -0.05) is 0 Å². The van der Waals surface area contributed by atoms with E-state index in [1.54, 1.807) is 0 Å². The van der Waals surface area contributed by atoms with Gasteiger partial charge in [-0.2, -0.15) is 0 Å². The minimum absolute atomic E-state index is 0. The number of carbonyl (C=O) groups is 10. The van der Waals surface area contributed by atoms with Crippen molar-refractivity contribution < 1.29 is 187 Å². The summed E-state index contributed by atoms with van der Waals surface area (Å²) in [5, 5.41) is 163. The Hall–Kier alpha value is -4.53. The molecule has 2 radical (unpaired) electrons. The van der Waals surface area contributed by atoms with Crippen LogP contribution in [0.15, 0.2) is 0 Å². The van der Waals surface area contributed by atoms with Gasteiger partial charge >= 0.3 is 59.7 Å². The van der Waals surface area contributed by atoms with E-state index < -0.39 is 121 Å². The first kappa shape index (κ1) is 62.6. The first-order valence-corrected chi connectivity index (χ1v) is 11.4. The summed E-state index contributed by atoms with van der Waals surface area (Å²) in [4.78, 5) is 97.7. The van der Waals surface area contributed by atoms with Crippen molar-refractivity contribution in [1.82, 2.24) is 0 Å². The van der Waals surface area contributed by atoms with Crippen molar-refractivity contribution in [3.63, 3.8) is 0 Å². The van der Waals surface area contributed by atoms with Gasteiger partial charge < -0.3 is 102 Å². The van der Waals surface area contributed by atoms with Crippen molar-refractivity contribution in [1.29, 1.82) is 0 Å². The van der Waals surface area contributed by atoms with E-state index in [0.717, 1.165) is 0 Å². The van der Waals surface area contributed by atoms with Gasteiger partial charge in [0, 0.05) is 37.1 Å². The Kier molecular flexibility index (Phi) is 37.6. The molecular formula is C20H30O30V2. The average Bonchev–Trinajstić information content (AvgIpc) is 3.01. The molecule has 10 unspecified atom stereocenters.